The lowest BCUT2D eigenvalue weighted by Crippen LogP contribution is -2.62. The first-order chi connectivity index (χ1) is 43.1. The minimum Gasteiger partial charge on any atom is -0.481 e. The SMILES string of the molecule is CC[C@H](C)[C@H](N)C(=O)N1CCC[C@H]1C(=O)N[C@H](C(=O)N[C@@H](CO)C(=O)N1CCC[C@H]1C(=O)N[C@@H](CC(=O)O)C(=O)N[C@@H](Cc1c[nH]c2ccccc12)C(=O)N[C@@H](Cc1ccccc1)C(=O)N[C@H](C(=O)N[C@@H](CS)C(=O)N[C@@H](CCC(N)=O)C(=O)O)C(C)C)C(C)C. The second kappa shape index (κ2) is 34.5. The van der Waals surface area contributed by atoms with Crippen molar-refractivity contribution < 1.29 is 77.6 Å². The van der Waals surface area contributed by atoms with Crippen molar-refractivity contribution in [2.24, 2.45) is 29.2 Å². The third-order valence-corrected chi connectivity index (χ3v) is 16.6. The van der Waals surface area contributed by atoms with Gasteiger partial charge in [0.25, 0.3) is 0 Å². The Labute approximate surface area is 532 Å². The molecule has 0 aliphatic carbocycles. The van der Waals surface area contributed by atoms with E-state index in [1.54, 1.807) is 88.5 Å². The summed E-state index contributed by atoms with van der Waals surface area (Å²) in [6.45, 7) is 9.45. The first-order valence-corrected chi connectivity index (χ1v) is 31.1. The molecule has 0 saturated carbocycles. The van der Waals surface area contributed by atoms with Crippen molar-refractivity contribution in [1.29, 1.82) is 0 Å². The Hall–Kier alpha value is -8.64. The van der Waals surface area contributed by atoms with Crippen molar-refractivity contribution in [1.82, 2.24) is 57.3 Å². The Kier molecular flexibility index (Phi) is 27.7. The quantitative estimate of drug-likeness (QED) is 0.0295. The van der Waals surface area contributed by atoms with Crippen molar-refractivity contribution in [3.05, 3.63) is 71.9 Å². The number of nitrogens with two attached hydrogens (primary N) is 2. The van der Waals surface area contributed by atoms with Crippen LogP contribution in [0.3, 0.4) is 0 Å². The average Bonchev–Trinajstić information content (AvgIpc) is 1.84. The number of aromatic amines is 1. The number of H-pyrrole nitrogens is 1. The van der Waals surface area contributed by atoms with E-state index in [0.717, 1.165) is 4.90 Å². The summed E-state index contributed by atoms with van der Waals surface area (Å²) >= 11 is 4.17. The molecular weight excluding hydrogens is 1200 g/mol. The first kappa shape index (κ1) is 73.1. The molecule has 91 heavy (non-hydrogen) atoms. The molecule has 29 nitrogen and oxygen atoms in total. The second-order valence-electron chi connectivity index (χ2n) is 23.7. The van der Waals surface area contributed by atoms with Gasteiger partial charge in [0.2, 0.25) is 65.0 Å². The van der Waals surface area contributed by atoms with Crippen molar-refractivity contribution in [3.63, 3.8) is 0 Å². The number of carboxylic acids is 2. The van der Waals surface area contributed by atoms with Crippen LogP contribution in [0.1, 0.15) is 104 Å². The number of para-hydroxylation sites is 1. The van der Waals surface area contributed by atoms with Crippen molar-refractivity contribution in [3.8, 4) is 0 Å². The number of hydrogen-bond acceptors (Lipinski definition) is 16. The summed E-state index contributed by atoms with van der Waals surface area (Å²) in [6.07, 6.45) is 1.08. The number of likely N-dealkylation sites (tertiary alicyclic amines) is 2. The number of aromatic nitrogens is 1. The standard InChI is InChI=1S/C61H87N13O16S/c1-7-33(6)48(63)60(88)74-24-14-20-45(74)56(84)72-50(32(4)5)57(85)69-42(29-75)59(87)73-23-13-19-44(73)55(83)68-41(27-47(77)78)52(80)67-40(26-35-28-64-37-18-12-11-17-36(35)37)51(79)66-39(25-34-15-9-8-10-16-34)53(81)71-49(31(2)3)58(86)70-43(30-91)54(82)65-38(61(89)90)21-22-46(62)76/h8-12,15-18,28,31-33,38-45,48-50,64,75,91H,7,13-14,19-27,29-30,63H2,1-6H3,(H2,62,76)(H,65,82)(H,66,79)(H,67,80)(H,68,83)(H,69,85)(H,70,86)(H,71,81)(H,72,84)(H,77,78)(H,89,90)/t33-,38-,39-,40-,41-,42-,43-,44-,45-,48-,49-,50-/m0/s1. The number of carbonyl (C=O) groups excluding carboxylic acids is 11. The number of carboxylic acid groups (broad SMARTS) is 2. The fourth-order valence-corrected chi connectivity index (χ4v) is 11.0. The Bertz CT molecular complexity index is 3110. The topological polar surface area (TPSA) is 453 Å². The number of aliphatic hydroxyl groups is 1. The number of carbonyl (C=O) groups is 13. The summed E-state index contributed by atoms with van der Waals surface area (Å²) in [4.78, 5) is 182. The molecule has 30 heteroatoms. The van der Waals surface area contributed by atoms with Crippen LogP contribution >= 0.6 is 12.6 Å². The van der Waals surface area contributed by atoms with E-state index in [-0.39, 0.29) is 63.3 Å². The average molecular weight is 1290 g/mol. The highest BCUT2D eigenvalue weighted by molar-refractivity contribution is 7.80. The van der Waals surface area contributed by atoms with E-state index < -0.39 is 168 Å². The lowest BCUT2D eigenvalue weighted by Gasteiger charge is -2.32. The van der Waals surface area contributed by atoms with Crippen LogP contribution in [0.2, 0.25) is 0 Å². The van der Waals surface area contributed by atoms with Gasteiger partial charge in [0.05, 0.1) is 19.1 Å². The summed E-state index contributed by atoms with van der Waals surface area (Å²) < 4.78 is 0. The molecule has 498 valence electrons. The van der Waals surface area contributed by atoms with E-state index in [1.807, 2.05) is 13.8 Å². The van der Waals surface area contributed by atoms with Crippen LogP contribution in [0.5, 0.6) is 0 Å². The molecule has 2 aliphatic heterocycles. The Morgan fingerprint density at radius 2 is 1.10 bits per heavy atom. The minimum absolute atomic E-state index is 0.000835. The predicted molar refractivity (Wildman–Crippen MR) is 333 cm³/mol. The van der Waals surface area contributed by atoms with E-state index in [4.69, 9.17) is 11.5 Å². The second-order valence-corrected chi connectivity index (χ2v) is 24.0. The summed E-state index contributed by atoms with van der Waals surface area (Å²) in [5.41, 5.74) is 13.1. The van der Waals surface area contributed by atoms with E-state index in [2.05, 4.69) is 60.1 Å². The zero-order valence-corrected chi connectivity index (χ0v) is 52.8. The lowest BCUT2D eigenvalue weighted by atomic mass is 9.98. The van der Waals surface area contributed by atoms with Crippen molar-refractivity contribution in [2.75, 3.05) is 25.4 Å². The van der Waals surface area contributed by atoms with Crippen LogP contribution < -0.4 is 54.0 Å². The molecule has 0 radical (unpaired) electrons. The van der Waals surface area contributed by atoms with Crippen LogP contribution in [0.25, 0.3) is 10.9 Å². The molecule has 5 rings (SSSR count). The van der Waals surface area contributed by atoms with Gasteiger partial charge in [0.15, 0.2) is 0 Å². The Morgan fingerprint density at radius 1 is 0.604 bits per heavy atom. The number of amides is 11. The predicted octanol–water partition coefficient (Wildman–Crippen LogP) is -1.75. The van der Waals surface area contributed by atoms with Gasteiger partial charge in [-0.1, -0.05) is 96.5 Å². The molecule has 0 spiro atoms. The molecule has 3 heterocycles. The van der Waals surface area contributed by atoms with E-state index in [0.29, 0.717) is 41.3 Å². The van der Waals surface area contributed by atoms with Crippen LogP contribution in [0, 0.1) is 17.8 Å². The number of hydrogen-bond donors (Lipinski definition) is 15. The molecule has 2 saturated heterocycles. The molecule has 16 N–H and O–H groups in total. The number of nitrogens with zero attached hydrogens (tertiary/aromatic N) is 2. The monoisotopic (exact) mass is 1290 g/mol. The third kappa shape index (κ3) is 20.4. The fraction of sp³-hybridized carbons (Fsp3) is 0.557. The number of thiol groups is 1. The maximum Gasteiger partial charge on any atom is 0.326 e. The summed E-state index contributed by atoms with van der Waals surface area (Å²) in [5, 5.41) is 51.2. The van der Waals surface area contributed by atoms with Crippen LogP contribution in [-0.2, 0) is 75.2 Å². The fourth-order valence-electron chi connectivity index (χ4n) is 10.8. The number of benzene rings is 2. The third-order valence-electron chi connectivity index (χ3n) is 16.3. The highest BCUT2D eigenvalue weighted by Crippen LogP contribution is 2.24. The van der Waals surface area contributed by atoms with Gasteiger partial charge in [-0.2, -0.15) is 12.6 Å². The number of aliphatic hydroxyl groups excluding tert-OH is 1. The highest BCUT2D eigenvalue weighted by Gasteiger charge is 2.43. The zero-order chi connectivity index (χ0) is 67.4. The van der Waals surface area contributed by atoms with Gasteiger partial charge >= 0.3 is 11.9 Å². The van der Waals surface area contributed by atoms with Crippen molar-refractivity contribution in [2.45, 2.75) is 172 Å². The first-order valence-electron chi connectivity index (χ1n) is 30.4. The van der Waals surface area contributed by atoms with E-state index in [1.165, 1.54) is 4.90 Å². The number of aliphatic carboxylic acids is 2. The number of nitrogens with one attached hydrogen (secondary N) is 9. The summed E-state index contributed by atoms with van der Waals surface area (Å²) in [5.74, 6) is -14.2. The Balaban J connectivity index is 1.36. The molecule has 2 aromatic carbocycles. The van der Waals surface area contributed by atoms with Gasteiger partial charge in [-0.3, -0.25) is 57.5 Å². The molecule has 0 unspecified atom stereocenters. The molecule has 2 fully saturated rings. The summed E-state index contributed by atoms with van der Waals surface area (Å²) in [7, 11) is 0. The molecule has 3 aromatic rings. The maximum atomic E-state index is 14.9. The van der Waals surface area contributed by atoms with E-state index in [9.17, 15) is 77.6 Å². The normalized spacial score (nSPS) is 18.0. The van der Waals surface area contributed by atoms with Gasteiger partial charge in [0.1, 0.15) is 60.4 Å². The minimum atomic E-state index is -1.90. The van der Waals surface area contributed by atoms with Crippen LogP contribution in [0.15, 0.2) is 60.8 Å². The van der Waals surface area contributed by atoms with Gasteiger partial charge in [-0.25, -0.2) is 4.79 Å². The van der Waals surface area contributed by atoms with Gasteiger partial charge in [-0.15, -0.1) is 0 Å². The molecular formula is C61H87N13O16S. The van der Waals surface area contributed by atoms with E-state index >= 15 is 0 Å². The molecule has 1 aromatic heterocycles. The van der Waals surface area contributed by atoms with Gasteiger partial charge in [0, 0.05) is 55.2 Å². The largest absolute Gasteiger partial charge is 0.481 e. The molecule has 11 amide bonds. The maximum absolute atomic E-state index is 14.9. The Morgan fingerprint density at radius 3 is 1.65 bits per heavy atom. The lowest BCUT2D eigenvalue weighted by molar-refractivity contribution is -0.145. The summed E-state index contributed by atoms with van der Waals surface area (Å²) in [6, 6.07) is -0.0149. The molecule has 0 bridgehead atoms. The molecule has 2 aliphatic rings. The van der Waals surface area contributed by atoms with Gasteiger partial charge < -0.3 is 84.1 Å². The zero-order valence-electron chi connectivity index (χ0n) is 51.9. The van der Waals surface area contributed by atoms with Crippen LogP contribution in [-0.4, -0.2) is 199 Å². The van der Waals surface area contributed by atoms with Gasteiger partial charge in [-0.05, 0) is 67.1 Å². The van der Waals surface area contributed by atoms with Crippen molar-refractivity contribution >= 4 is 100 Å². The molecule has 12 atom stereocenters. The van der Waals surface area contributed by atoms with Crippen LogP contribution in [0.4, 0.5) is 0 Å². The number of fused-ring (bicyclic) bond motifs is 1. The number of rotatable bonds is 34. The number of primary amides is 1. The highest BCUT2D eigenvalue weighted by atomic mass is 32.1. The smallest absolute Gasteiger partial charge is 0.326 e.